The number of para-hydroxylation sites is 1. The Kier molecular flexibility index (Phi) is 5.16. The van der Waals surface area contributed by atoms with E-state index in [0.717, 1.165) is 54.9 Å². The van der Waals surface area contributed by atoms with Crippen LogP contribution >= 0.6 is 0 Å². The Bertz CT molecular complexity index is 1170. The van der Waals surface area contributed by atoms with Crippen molar-refractivity contribution in [1.29, 1.82) is 0 Å². The van der Waals surface area contributed by atoms with Gasteiger partial charge in [0.25, 0.3) is 0 Å². The molecule has 0 unspecified atom stereocenters. The number of rotatable bonds is 5. The number of fused-ring (bicyclic) bond motifs is 2. The van der Waals surface area contributed by atoms with Crippen molar-refractivity contribution in [2.24, 2.45) is 0 Å². The Morgan fingerprint density at radius 2 is 1.87 bits per heavy atom. The number of aromatic nitrogens is 2. The Morgan fingerprint density at radius 3 is 2.77 bits per heavy atom. The first-order valence-electron chi connectivity index (χ1n) is 10.6. The largest absolute Gasteiger partial charge is 0.339 e. The number of anilines is 2. The second-order valence-corrected chi connectivity index (χ2v) is 8.10. The fraction of sp³-hybridized carbons (Fsp3) is 0.231. The lowest BCUT2D eigenvalue weighted by Crippen LogP contribution is -2.32. The molecule has 1 aliphatic heterocycles. The van der Waals surface area contributed by atoms with Crippen LogP contribution in [0, 0.1) is 6.92 Å². The third-order valence-corrected chi connectivity index (χ3v) is 5.92. The molecule has 5 rings (SSSR count). The maximum atomic E-state index is 4.64. The van der Waals surface area contributed by atoms with Gasteiger partial charge in [-0.3, -0.25) is 9.88 Å². The lowest BCUT2D eigenvalue weighted by molar-refractivity contribution is 0.257. The van der Waals surface area contributed by atoms with E-state index in [1.54, 1.807) is 0 Å². The van der Waals surface area contributed by atoms with Crippen molar-refractivity contribution in [3.05, 3.63) is 95.3 Å². The molecule has 4 heteroatoms. The molecule has 0 saturated carbocycles. The highest BCUT2D eigenvalue weighted by Crippen LogP contribution is 2.27. The molecule has 0 spiro atoms. The van der Waals surface area contributed by atoms with E-state index in [1.165, 1.54) is 22.3 Å². The average molecular weight is 395 g/mol. The van der Waals surface area contributed by atoms with Gasteiger partial charge in [0, 0.05) is 36.8 Å². The zero-order chi connectivity index (χ0) is 20.3. The van der Waals surface area contributed by atoms with Crippen molar-refractivity contribution in [3.63, 3.8) is 0 Å². The van der Waals surface area contributed by atoms with E-state index in [0.29, 0.717) is 0 Å². The fourth-order valence-electron chi connectivity index (χ4n) is 4.17. The van der Waals surface area contributed by atoms with E-state index in [-0.39, 0.29) is 0 Å². The first kappa shape index (κ1) is 18.8. The van der Waals surface area contributed by atoms with E-state index in [2.05, 4.69) is 69.6 Å². The summed E-state index contributed by atoms with van der Waals surface area (Å²) in [6, 6.07) is 21.4. The van der Waals surface area contributed by atoms with Gasteiger partial charge >= 0.3 is 0 Å². The molecule has 2 aromatic heterocycles. The predicted octanol–water partition coefficient (Wildman–Crippen LogP) is 5.28. The van der Waals surface area contributed by atoms with Gasteiger partial charge in [0.2, 0.25) is 0 Å². The number of aryl methyl sites for hydroxylation is 1. The van der Waals surface area contributed by atoms with Gasteiger partial charge in [0.15, 0.2) is 0 Å². The molecule has 4 nitrogen and oxygen atoms in total. The van der Waals surface area contributed by atoms with Crippen LogP contribution in [-0.4, -0.2) is 28.0 Å². The van der Waals surface area contributed by atoms with Gasteiger partial charge in [-0.1, -0.05) is 48.0 Å². The van der Waals surface area contributed by atoms with Crippen molar-refractivity contribution in [1.82, 2.24) is 14.9 Å². The number of nitrogens with zero attached hydrogens (tertiary/aromatic N) is 3. The summed E-state index contributed by atoms with van der Waals surface area (Å²) < 4.78 is 0. The lowest BCUT2D eigenvalue weighted by atomic mass is 10.00. The first-order valence-corrected chi connectivity index (χ1v) is 10.6. The maximum Gasteiger partial charge on any atom is 0.133 e. The number of hydrogen-bond acceptors (Lipinski definition) is 4. The molecule has 0 radical (unpaired) electrons. The SMILES string of the molecule is Cc1ccc(CCN2CCc3c(ccnc3Nc3cnc4ccccc4c3)C2)cc1. The standard InChI is InChI=1S/C26H26N4/c1-19-6-8-20(9-7-19)11-14-30-15-12-24-22(18-30)10-13-27-26(24)29-23-16-21-4-2-3-5-25(21)28-17-23/h2-10,13,16-17H,11-12,14-15,18H2,1H3,(H,27,29). The predicted molar refractivity (Wildman–Crippen MR) is 123 cm³/mol. The summed E-state index contributed by atoms with van der Waals surface area (Å²) in [5, 5.41) is 4.64. The molecule has 0 saturated heterocycles. The molecule has 2 aromatic carbocycles. The summed E-state index contributed by atoms with van der Waals surface area (Å²) in [5.41, 5.74) is 7.42. The van der Waals surface area contributed by atoms with Crippen molar-refractivity contribution in [2.75, 3.05) is 18.4 Å². The maximum absolute atomic E-state index is 4.64. The molecule has 1 N–H and O–H groups in total. The monoisotopic (exact) mass is 394 g/mol. The van der Waals surface area contributed by atoms with Gasteiger partial charge in [-0.15, -0.1) is 0 Å². The normalized spacial score (nSPS) is 13.9. The van der Waals surface area contributed by atoms with Gasteiger partial charge in [-0.2, -0.15) is 0 Å². The molecule has 0 fully saturated rings. The van der Waals surface area contributed by atoms with Gasteiger partial charge in [-0.05, 0) is 49.1 Å². The van der Waals surface area contributed by atoms with Crippen LogP contribution in [0.25, 0.3) is 10.9 Å². The van der Waals surface area contributed by atoms with Crippen molar-refractivity contribution >= 4 is 22.4 Å². The van der Waals surface area contributed by atoms with E-state index in [9.17, 15) is 0 Å². The van der Waals surface area contributed by atoms with E-state index >= 15 is 0 Å². The zero-order valence-corrected chi connectivity index (χ0v) is 17.3. The summed E-state index contributed by atoms with van der Waals surface area (Å²) in [5.74, 6) is 0.961. The van der Waals surface area contributed by atoms with E-state index in [1.807, 2.05) is 30.6 Å². The topological polar surface area (TPSA) is 41.1 Å². The molecule has 0 aliphatic carbocycles. The second-order valence-electron chi connectivity index (χ2n) is 8.10. The smallest absolute Gasteiger partial charge is 0.133 e. The van der Waals surface area contributed by atoms with Crippen LogP contribution in [0.5, 0.6) is 0 Å². The summed E-state index contributed by atoms with van der Waals surface area (Å²) >= 11 is 0. The highest BCUT2D eigenvalue weighted by Gasteiger charge is 2.19. The third-order valence-electron chi connectivity index (χ3n) is 5.92. The quantitative estimate of drug-likeness (QED) is 0.500. The minimum atomic E-state index is 0.961. The van der Waals surface area contributed by atoms with Crippen molar-refractivity contribution < 1.29 is 0 Å². The van der Waals surface area contributed by atoms with E-state index in [4.69, 9.17) is 0 Å². The van der Waals surface area contributed by atoms with Crippen LogP contribution in [0.4, 0.5) is 11.5 Å². The molecule has 30 heavy (non-hydrogen) atoms. The van der Waals surface area contributed by atoms with E-state index < -0.39 is 0 Å². The minimum absolute atomic E-state index is 0.961. The fourth-order valence-corrected chi connectivity index (χ4v) is 4.17. The second kappa shape index (κ2) is 8.25. The molecule has 3 heterocycles. The summed E-state index contributed by atoms with van der Waals surface area (Å²) in [7, 11) is 0. The average Bonchev–Trinajstić information content (AvgIpc) is 2.79. The van der Waals surface area contributed by atoms with Crippen molar-refractivity contribution in [3.8, 4) is 0 Å². The third kappa shape index (κ3) is 4.05. The lowest BCUT2D eigenvalue weighted by Gasteiger charge is -2.29. The Balaban J connectivity index is 1.29. The Hall–Kier alpha value is -3.24. The molecule has 150 valence electrons. The van der Waals surface area contributed by atoms with Crippen LogP contribution in [0.1, 0.15) is 22.3 Å². The number of hydrogen-bond donors (Lipinski definition) is 1. The van der Waals surface area contributed by atoms with Crippen molar-refractivity contribution in [2.45, 2.75) is 26.3 Å². The Labute approximate surface area is 177 Å². The zero-order valence-electron chi connectivity index (χ0n) is 17.3. The minimum Gasteiger partial charge on any atom is -0.339 e. The number of benzene rings is 2. The van der Waals surface area contributed by atoms with Crippen LogP contribution < -0.4 is 5.32 Å². The van der Waals surface area contributed by atoms with Gasteiger partial charge in [0.1, 0.15) is 5.82 Å². The van der Waals surface area contributed by atoms with Gasteiger partial charge in [0.05, 0.1) is 17.4 Å². The summed E-state index contributed by atoms with van der Waals surface area (Å²) in [6.45, 7) is 5.27. The number of pyridine rings is 2. The molecule has 0 atom stereocenters. The molecule has 0 amide bonds. The molecule has 4 aromatic rings. The van der Waals surface area contributed by atoms with Gasteiger partial charge in [-0.25, -0.2) is 4.98 Å². The Morgan fingerprint density at radius 1 is 1.00 bits per heavy atom. The molecular weight excluding hydrogens is 368 g/mol. The highest BCUT2D eigenvalue weighted by molar-refractivity contribution is 5.82. The van der Waals surface area contributed by atoms with Crippen LogP contribution in [-0.2, 0) is 19.4 Å². The summed E-state index contributed by atoms with van der Waals surface area (Å²) in [6.07, 6.45) is 5.91. The first-order chi connectivity index (χ1) is 14.7. The van der Waals surface area contributed by atoms with Crippen LogP contribution in [0.3, 0.4) is 0 Å². The highest BCUT2D eigenvalue weighted by atomic mass is 15.1. The van der Waals surface area contributed by atoms with Crippen LogP contribution in [0.15, 0.2) is 73.1 Å². The van der Waals surface area contributed by atoms with Gasteiger partial charge < -0.3 is 5.32 Å². The molecule has 1 aliphatic rings. The molecule has 0 bridgehead atoms. The number of nitrogens with one attached hydrogen (secondary N) is 1. The molecular formula is C26H26N4. The van der Waals surface area contributed by atoms with Crippen LogP contribution in [0.2, 0.25) is 0 Å². The summed E-state index contributed by atoms with van der Waals surface area (Å²) in [4.78, 5) is 11.7.